The molecule has 16 heavy (non-hydrogen) atoms. The van der Waals surface area contributed by atoms with Gasteiger partial charge in [-0.25, -0.2) is 4.98 Å². The number of pyridine rings is 1. The average Bonchev–Trinajstić information content (AvgIpc) is 2.80. The molecule has 5 nitrogen and oxygen atoms in total. The minimum absolute atomic E-state index is 0.151. The zero-order valence-electron chi connectivity index (χ0n) is 8.98. The number of nitrogens with zero attached hydrogens (tertiary/aromatic N) is 1. The molecule has 1 unspecified atom stereocenters. The maximum Gasteiger partial charge on any atom is 0.269 e. The van der Waals surface area contributed by atoms with Gasteiger partial charge in [-0.3, -0.25) is 4.79 Å². The lowest BCUT2D eigenvalue weighted by Gasteiger charge is -2.10. The van der Waals surface area contributed by atoms with Gasteiger partial charge < -0.3 is 15.8 Å². The van der Waals surface area contributed by atoms with Gasteiger partial charge in [0.25, 0.3) is 5.91 Å². The van der Waals surface area contributed by atoms with Crippen molar-refractivity contribution in [2.75, 3.05) is 18.9 Å². The fourth-order valence-electron chi connectivity index (χ4n) is 1.64. The second-order valence-corrected chi connectivity index (χ2v) is 3.82. The van der Waals surface area contributed by atoms with Crippen molar-refractivity contribution < 1.29 is 9.53 Å². The van der Waals surface area contributed by atoms with E-state index in [1.54, 1.807) is 12.1 Å². The predicted molar refractivity (Wildman–Crippen MR) is 60.0 cm³/mol. The Hall–Kier alpha value is -1.62. The number of carbonyl (C=O) groups excluding carboxylic acids is 1. The summed E-state index contributed by atoms with van der Waals surface area (Å²) in [6, 6.07) is 3.27. The largest absolute Gasteiger partial charge is 0.397 e. The summed E-state index contributed by atoms with van der Waals surface area (Å²) in [5, 5.41) is 2.79. The summed E-state index contributed by atoms with van der Waals surface area (Å²) in [6.45, 7) is 1.34. The molecule has 0 aliphatic carbocycles. The molecule has 0 aromatic carbocycles. The second-order valence-electron chi connectivity index (χ2n) is 3.82. The van der Waals surface area contributed by atoms with Gasteiger partial charge in [-0.1, -0.05) is 0 Å². The van der Waals surface area contributed by atoms with Crippen molar-refractivity contribution in [2.45, 2.75) is 18.9 Å². The number of hydrogen-bond donors (Lipinski definition) is 2. The number of hydrogen-bond acceptors (Lipinski definition) is 4. The summed E-state index contributed by atoms with van der Waals surface area (Å²) in [5.74, 6) is -0.185. The molecule has 1 aliphatic rings. The van der Waals surface area contributed by atoms with Crippen LogP contribution in [0.1, 0.15) is 23.3 Å². The Morgan fingerprint density at radius 1 is 1.62 bits per heavy atom. The van der Waals surface area contributed by atoms with E-state index in [2.05, 4.69) is 10.3 Å². The molecule has 1 saturated heterocycles. The first-order valence-corrected chi connectivity index (χ1v) is 5.37. The molecule has 1 atom stereocenters. The molecule has 0 radical (unpaired) electrons. The lowest BCUT2D eigenvalue weighted by Crippen LogP contribution is -2.32. The highest BCUT2D eigenvalue weighted by molar-refractivity contribution is 5.92. The molecular formula is C11H15N3O2. The van der Waals surface area contributed by atoms with Gasteiger partial charge in [0.1, 0.15) is 5.69 Å². The van der Waals surface area contributed by atoms with Gasteiger partial charge in [0.2, 0.25) is 0 Å². The highest BCUT2D eigenvalue weighted by Gasteiger charge is 2.16. The van der Waals surface area contributed by atoms with Crippen LogP contribution in [0.5, 0.6) is 0 Å². The molecule has 1 aromatic heterocycles. The minimum Gasteiger partial charge on any atom is -0.397 e. The zero-order chi connectivity index (χ0) is 11.4. The van der Waals surface area contributed by atoms with Gasteiger partial charge in [0.15, 0.2) is 0 Å². The Kier molecular flexibility index (Phi) is 3.36. The molecule has 1 aliphatic heterocycles. The zero-order valence-corrected chi connectivity index (χ0v) is 8.98. The molecule has 2 heterocycles. The van der Waals surface area contributed by atoms with Crippen LogP contribution in [0.15, 0.2) is 18.3 Å². The van der Waals surface area contributed by atoms with Crippen molar-refractivity contribution in [3.63, 3.8) is 0 Å². The molecule has 86 valence electrons. The first kappa shape index (κ1) is 10.9. The summed E-state index contributed by atoms with van der Waals surface area (Å²) in [5.41, 5.74) is 6.42. The molecular weight excluding hydrogens is 206 g/mol. The van der Waals surface area contributed by atoms with Gasteiger partial charge in [0.05, 0.1) is 18.0 Å². The van der Waals surface area contributed by atoms with E-state index in [1.807, 2.05) is 0 Å². The smallest absolute Gasteiger partial charge is 0.269 e. The van der Waals surface area contributed by atoms with E-state index in [0.717, 1.165) is 19.4 Å². The van der Waals surface area contributed by atoms with Crippen molar-refractivity contribution in [1.82, 2.24) is 10.3 Å². The number of ether oxygens (including phenoxy) is 1. The van der Waals surface area contributed by atoms with Crippen molar-refractivity contribution in [3.05, 3.63) is 24.0 Å². The van der Waals surface area contributed by atoms with Crippen LogP contribution in [0.25, 0.3) is 0 Å². The van der Waals surface area contributed by atoms with Gasteiger partial charge >= 0.3 is 0 Å². The average molecular weight is 221 g/mol. The third-order valence-electron chi connectivity index (χ3n) is 2.53. The van der Waals surface area contributed by atoms with E-state index < -0.39 is 0 Å². The Balaban J connectivity index is 1.85. The van der Waals surface area contributed by atoms with Crippen molar-refractivity contribution in [1.29, 1.82) is 0 Å². The summed E-state index contributed by atoms with van der Waals surface area (Å²) in [6.07, 6.45) is 3.70. The molecule has 5 heteroatoms. The molecule has 3 N–H and O–H groups in total. The van der Waals surface area contributed by atoms with E-state index in [-0.39, 0.29) is 12.0 Å². The van der Waals surface area contributed by atoms with Crippen LogP contribution >= 0.6 is 0 Å². The van der Waals surface area contributed by atoms with E-state index in [4.69, 9.17) is 10.5 Å². The SMILES string of the molecule is Nc1ccc(C(=O)NCC2CCCO2)nc1. The Morgan fingerprint density at radius 3 is 3.12 bits per heavy atom. The molecule has 1 amide bonds. The molecule has 0 saturated carbocycles. The summed E-state index contributed by atoms with van der Waals surface area (Å²) in [4.78, 5) is 15.6. The van der Waals surface area contributed by atoms with Crippen LogP contribution in [-0.2, 0) is 4.74 Å². The lowest BCUT2D eigenvalue weighted by molar-refractivity contribution is 0.0854. The fourth-order valence-corrected chi connectivity index (χ4v) is 1.64. The summed E-state index contributed by atoms with van der Waals surface area (Å²) in [7, 11) is 0. The van der Waals surface area contributed by atoms with Crippen molar-refractivity contribution >= 4 is 11.6 Å². The van der Waals surface area contributed by atoms with Crippen molar-refractivity contribution in [2.24, 2.45) is 0 Å². The monoisotopic (exact) mass is 221 g/mol. The second kappa shape index (κ2) is 4.94. The Morgan fingerprint density at radius 2 is 2.50 bits per heavy atom. The lowest BCUT2D eigenvalue weighted by atomic mass is 10.2. The Labute approximate surface area is 94.0 Å². The van der Waals surface area contributed by atoms with E-state index >= 15 is 0 Å². The molecule has 1 fully saturated rings. The normalized spacial score (nSPS) is 19.6. The summed E-state index contributed by atoms with van der Waals surface area (Å²) >= 11 is 0. The number of nitrogens with one attached hydrogen (secondary N) is 1. The fraction of sp³-hybridized carbons (Fsp3) is 0.455. The number of rotatable bonds is 3. The molecule has 2 rings (SSSR count). The Bertz CT molecular complexity index is 358. The summed E-state index contributed by atoms with van der Waals surface area (Å²) < 4.78 is 5.40. The van der Waals surface area contributed by atoms with Crippen molar-refractivity contribution in [3.8, 4) is 0 Å². The van der Waals surface area contributed by atoms with E-state index in [9.17, 15) is 4.79 Å². The van der Waals surface area contributed by atoms with Gasteiger partial charge in [-0.2, -0.15) is 0 Å². The van der Waals surface area contributed by atoms with Crippen LogP contribution in [-0.4, -0.2) is 30.1 Å². The maximum atomic E-state index is 11.6. The third-order valence-corrected chi connectivity index (χ3v) is 2.53. The van der Waals surface area contributed by atoms with Crippen LogP contribution in [0.2, 0.25) is 0 Å². The standard InChI is InChI=1S/C11H15N3O2/c12-8-3-4-10(13-6-8)11(15)14-7-9-2-1-5-16-9/h3-4,6,9H,1-2,5,7,12H2,(H,14,15). The molecule has 0 bridgehead atoms. The first-order chi connectivity index (χ1) is 7.75. The first-order valence-electron chi connectivity index (χ1n) is 5.37. The van der Waals surface area contributed by atoms with Crippen LogP contribution in [0, 0.1) is 0 Å². The highest BCUT2D eigenvalue weighted by Crippen LogP contribution is 2.10. The number of nitrogens with two attached hydrogens (primary N) is 1. The van der Waals surface area contributed by atoms with E-state index in [0.29, 0.717) is 17.9 Å². The maximum absolute atomic E-state index is 11.6. The molecule has 1 aromatic rings. The topological polar surface area (TPSA) is 77.2 Å². The highest BCUT2D eigenvalue weighted by atomic mass is 16.5. The minimum atomic E-state index is -0.185. The van der Waals surface area contributed by atoms with E-state index in [1.165, 1.54) is 6.20 Å². The van der Waals surface area contributed by atoms with Crippen LogP contribution < -0.4 is 11.1 Å². The van der Waals surface area contributed by atoms with Crippen LogP contribution in [0.4, 0.5) is 5.69 Å². The van der Waals surface area contributed by atoms with Gasteiger partial charge in [0, 0.05) is 13.2 Å². The predicted octanol–water partition coefficient (Wildman–Crippen LogP) is 0.573. The molecule has 0 spiro atoms. The third kappa shape index (κ3) is 2.70. The van der Waals surface area contributed by atoms with Gasteiger partial charge in [-0.05, 0) is 25.0 Å². The number of aromatic nitrogens is 1. The number of nitrogen functional groups attached to an aromatic ring is 1. The van der Waals surface area contributed by atoms with Gasteiger partial charge in [-0.15, -0.1) is 0 Å². The number of carbonyl (C=O) groups is 1. The number of anilines is 1. The number of amides is 1. The quantitative estimate of drug-likeness (QED) is 0.782. The van der Waals surface area contributed by atoms with Crippen LogP contribution in [0.3, 0.4) is 0 Å².